The van der Waals surface area contributed by atoms with Crippen LogP contribution in [0.25, 0.3) is 6.08 Å². The summed E-state index contributed by atoms with van der Waals surface area (Å²) < 4.78 is 55.9. The number of piperazine rings is 1. The van der Waals surface area contributed by atoms with Gasteiger partial charge in [-0.15, -0.1) is 0 Å². The lowest BCUT2D eigenvalue weighted by Crippen LogP contribution is -2.47. The van der Waals surface area contributed by atoms with Crippen LogP contribution >= 0.6 is 0 Å². The van der Waals surface area contributed by atoms with E-state index < -0.39 is 21.7 Å². The van der Waals surface area contributed by atoms with Gasteiger partial charge in [-0.3, -0.25) is 9.21 Å². The number of aromatic nitrogens is 2. The van der Waals surface area contributed by atoms with Crippen LogP contribution in [-0.4, -0.2) is 81.0 Å². The van der Waals surface area contributed by atoms with Gasteiger partial charge >= 0.3 is 0 Å². The SMILES string of the molecule is CN(c1ccccc1Nc1nc(Nc2ccc(N3CCN(CCO)CC3)c(F)c2F)nc2c1C=CC2)S(C)(=O)=O. The average molecular weight is 572 g/mol. The van der Waals surface area contributed by atoms with Crippen LogP contribution in [0.4, 0.5) is 43.3 Å². The molecular weight excluding hydrogens is 540 g/mol. The summed E-state index contributed by atoms with van der Waals surface area (Å²) >= 11 is 0. The third-order valence-corrected chi connectivity index (χ3v) is 8.24. The summed E-state index contributed by atoms with van der Waals surface area (Å²) in [7, 11) is -2.05. The third kappa shape index (κ3) is 5.71. The summed E-state index contributed by atoms with van der Waals surface area (Å²) in [5.41, 5.74) is 2.42. The van der Waals surface area contributed by atoms with Crippen molar-refractivity contribution in [2.45, 2.75) is 6.42 Å². The number of halogens is 2. The average Bonchev–Trinajstić information content (AvgIpc) is 3.41. The highest BCUT2D eigenvalue weighted by Crippen LogP contribution is 2.34. The van der Waals surface area contributed by atoms with Crippen molar-refractivity contribution in [3.05, 3.63) is 65.4 Å². The molecule has 3 N–H and O–H groups in total. The molecule has 1 aromatic heterocycles. The number of β-amino-alcohol motifs (C(OH)–C–C–N with tert-alkyl or cyclic N) is 1. The van der Waals surface area contributed by atoms with Gasteiger partial charge in [0.2, 0.25) is 16.0 Å². The Morgan fingerprint density at radius 1 is 1.00 bits per heavy atom. The van der Waals surface area contributed by atoms with Crippen molar-refractivity contribution in [3.63, 3.8) is 0 Å². The molecule has 5 rings (SSSR count). The Hall–Kier alpha value is -3.81. The number of hydrogen-bond acceptors (Lipinski definition) is 9. The Morgan fingerprint density at radius 3 is 2.48 bits per heavy atom. The van der Waals surface area contributed by atoms with E-state index in [9.17, 15) is 8.42 Å². The highest BCUT2D eigenvalue weighted by molar-refractivity contribution is 7.92. The summed E-state index contributed by atoms with van der Waals surface area (Å²) in [6, 6.07) is 9.90. The number of allylic oxidation sites excluding steroid dienone is 1. The predicted octanol–water partition coefficient (Wildman–Crippen LogP) is 3.32. The molecule has 3 aromatic rings. The Morgan fingerprint density at radius 2 is 1.75 bits per heavy atom. The van der Waals surface area contributed by atoms with Crippen LogP contribution in [0.5, 0.6) is 0 Å². The molecule has 0 amide bonds. The second-order valence-corrected chi connectivity index (χ2v) is 11.7. The number of benzene rings is 2. The number of fused-ring (bicyclic) bond motifs is 1. The quantitative estimate of drug-likeness (QED) is 0.356. The van der Waals surface area contributed by atoms with Gasteiger partial charge in [-0.25, -0.2) is 22.2 Å². The molecule has 0 saturated carbocycles. The summed E-state index contributed by atoms with van der Waals surface area (Å²) in [5, 5.41) is 15.1. The molecule has 212 valence electrons. The molecule has 1 aliphatic carbocycles. The first-order chi connectivity index (χ1) is 19.2. The monoisotopic (exact) mass is 571 g/mol. The first kappa shape index (κ1) is 27.7. The molecule has 10 nitrogen and oxygen atoms in total. The molecule has 2 heterocycles. The normalized spacial score (nSPS) is 15.3. The van der Waals surface area contributed by atoms with E-state index in [1.54, 1.807) is 29.2 Å². The minimum absolute atomic E-state index is 0.0611. The number of anilines is 6. The lowest BCUT2D eigenvalue weighted by atomic mass is 10.2. The number of nitrogens with zero attached hydrogens (tertiary/aromatic N) is 5. The van der Waals surface area contributed by atoms with Gasteiger partial charge in [-0.2, -0.15) is 4.98 Å². The van der Waals surface area contributed by atoms with Gasteiger partial charge in [0, 0.05) is 51.8 Å². The molecule has 0 spiro atoms. The van der Waals surface area contributed by atoms with Crippen LogP contribution in [0.2, 0.25) is 0 Å². The van der Waals surface area contributed by atoms with Crippen molar-refractivity contribution in [1.29, 1.82) is 0 Å². The van der Waals surface area contributed by atoms with E-state index in [2.05, 4.69) is 25.5 Å². The highest BCUT2D eigenvalue weighted by Gasteiger charge is 2.24. The Balaban J connectivity index is 1.40. The molecule has 2 aromatic carbocycles. The van der Waals surface area contributed by atoms with E-state index in [4.69, 9.17) is 5.11 Å². The van der Waals surface area contributed by atoms with Crippen molar-refractivity contribution in [1.82, 2.24) is 14.9 Å². The fraction of sp³-hybridized carbons (Fsp3) is 0.333. The van der Waals surface area contributed by atoms with E-state index >= 15 is 8.78 Å². The zero-order valence-corrected chi connectivity index (χ0v) is 23.0. The van der Waals surface area contributed by atoms with Crippen LogP contribution in [-0.2, 0) is 16.4 Å². The largest absolute Gasteiger partial charge is 0.395 e. The maximum atomic E-state index is 15.2. The molecule has 1 fully saturated rings. The lowest BCUT2D eigenvalue weighted by molar-refractivity contribution is 0.188. The summed E-state index contributed by atoms with van der Waals surface area (Å²) in [5.74, 6) is -1.52. The lowest BCUT2D eigenvalue weighted by Gasteiger charge is -2.36. The fourth-order valence-corrected chi connectivity index (χ4v) is 5.32. The molecule has 0 radical (unpaired) electrons. The number of nitrogens with one attached hydrogen (secondary N) is 2. The Kier molecular flexibility index (Phi) is 7.88. The number of rotatable bonds is 9. The van der Waals surface area contributed by atoms with Crippen LogP contribution in [0, 0.1) is 11.6 Å². The van der Waals surface area contributed by atoms with Crippen molar-refractivity contribution in [3.8, 4) is 0 Å². The Labute approximate surface area is 232 Å². The highest BCUT2D eigenvalue weighted by atomic mass is 32.2. The van der Waals surface area contributed by atoms with Gasteiger partial charge in [-0.05, 0) is 24.3 Å². The van der Waals surface area contributed by atoms with Crippen molar-refractivity contribution in [2.75, 3.05) is 72.5 Å². The molecular formula is C27H31F2N7O3S. The zero-order chi connectivity index (χ0) is 28.4. The van der Waals surface area contributed by atoms with E-state index in [1.165, 1.54) is 19.2 Å². The van der Waals surface area contributed by atoms with Crippen molar-refractivity contribution < 1.29 is 22.3 Å². The number of hydrogen-bond donors (Lipinski definition) is 3. The van der Waals surface area contributed by atoms with E-state index in [1.807, 2.05) is 12.2 Å². The van der Waals surface area contributed by atoms with Crippen molar-refractivity contribution >= 4 is 50.6 Å². The second-order valence-electron chi connectivity index (χ2n) is 9.67. The van der Waals surface area contributed by atoms with Gasteiger partial charge in [0.05, 0.1) is 41.3 Å². The number of para-hydroxylation sites is 2. The van der Waals surface area contributed by atoms with Crippen LogP contribution in [0.3, 0.4) is 0 Å². The first-order valence-electron chi connectivity index (χ1n) is 12.9. The molecule has 40 heavy (non-hydrogen) atoms. The van der Waals surface area contributed by atoms with E-state index in [0.29, 0.717) is 62.0 Å². The van der Waals surface area contributed by atoms with Gasteiger partial charge in [0.1, 0.15) is 5.82 Å². The van der Waals surface area contributed by atoms with Crippen LogP contribution < -0.4 is 19.8 Å². The zero-order valence-electron chi connectivity index (χ0n) is 22.2. The molecule has 0 bridgehead atoms. The maximum Gasteiger partial charge on any atom is 0.232 e. The summed E-state index contributed by atoms with van der Waals surface area (Å²) in [6.45, 7) is 2.96. The van der Waals surface area contributed by atoms with Gasteiger partial charge < -0.3 is 20.6 Å². The van der Waals surface area contributed by atoms with Crippen LogP contribution in [0.1, 0.15) is 11.3 Å². The van der Waals surface area contributed by atoms with E-state index in [-0.39, 0.29) is 23.9 Å². The number of sulfonamides is 1. The predicted molar refractivity (Wildman–Crippen MR) is 153 cm³/mol. The summed E-state index contributed by atoms with van der Waals surface area (Å²) in [4.78, 5) is 12.9. The third-order valence-electron chi connectivity index (χ3n) is 7.05. The summed E-state index contributed by atoms with van der Waals surface area (Å²) in [6.07, 6.45) is 5.43. The molecule has 1 saturated heterocycles. The molecule has 0 atom stereocenters. The van der Waals surface area contributed by atoms with E-state index in [0.717, 1.165) is 16.1 Å². The fourth-order valence-electron chi connectivity index (χ4n) is 4.80. The molecule has 2 aliphatic rings. The Bertz CT molecular complexity index is 1540. The van der Waals surface area contributed by atoms with Gasteiger partial charge in [-0.1, -0.05) is 24.3 Å². The molecule has 13 heteroatoms. The van der Waals surface area contributed by atoms with Gasteiger partial charge in [0.25, 0.3) is 0 Å². The number of aliphatic hydroxyl groups excluding tert-OH is 1. The standard InChI is InChI=1S/C27H31F2N7O3S/c1-34(40(2,38)39)22-9-4-3-7-20(22)30-26-18-6-5-8-19(18)31-27(33-26)32-21-10-11-23(25(29)24(21)28)36-14-12-35(13-15-36)16-17-37/h3-7,9-11,37H,8,12-17H2,1-2H3,(H2,30,31,32,33). The number of aliphatic hydroxyl groups is 1. The maximum absolute atomic E-state index is 15.2. The first-order valence-corrected chi connectivity index (χ1v) is 14.7. The van der Waals surface area contributed by atoms with Crippen molar-refractivity contribution in [2.24, 2.45) is 0 Å². The molecule has 0 unspecified atom stereocenters. The second kappa shape index (κ2) is 11.4. The smallest absolute Gasteiger partial charge is 0.232 e. The minimum atomic E-state index is -3.52. The van der Waals surface area contributed by atoms with Crippen LogP contribution in [0.15, 0.2) is 42.5 Å². The topological polar surface area (TPSA) is 114 Å². The van der Waals surface area contributed by atoms with Gasteiger partial charge in [0.15, 0.2) is 11.6 Å². The molecule has 1 aliphatic heterocycles. The minimum Gasteiger partial charge on any atom is -0.395 e.